The van der Waals surface area contributed by atoms with Gasteiger partial charge in [-0.15, -0.1) is 11.8 Å². The van der Waals surface area contributed by atoms with Gasteiger partial charge in [-0.1, -0.05) is 0 Å². The molecule has 0 bridgehead atoms. The number of aromatic nitrogens is 1. The summed E-state index contributed by atoms with van der Waals surface area (Å²) < 4.78 is 0. The molecular formula is C9H8N2O2S. The highest BCUT2D eigenvalue weighted by atomic mass is 32.2. The van der Waals surface area contributed by atoms with E-state index >= 15 is 0 Å². The molecule has 0 aliphatic carbocycles. The van der Waals surface area contributed by atoms with Crippen LogP contribution in [0.5, 0.6) is 0 Å². The van der Waals surface area contributed by atoms with E-state index in [9.17, 15) is 9.59 Å². The van der Waals surface area contributed by atoms with Crippen molar-refractivity contribution in [1.82, 2.24) is 10.3 Å². The van der Waals surface area contributed by atoms with Crippen LogP contribution >= 0.6 is 11.8 Å². The van der Waals surface area contributed by atoms with Crippen molar-refractivity contribution >= 4 is 23.6 Å². The van der Waals surface area contributed by atoms with Crippen molar-refractivity contribution < 1.29 is 9.59 Å². The molecule has 2 amide bonds. The number of thioether (sulfide) groups is 1. The van der Waals surface area contributed by atoms with Crippen LogP contribution in [0.3, 0.4) is 0 Å². The van der Waals surface area contributed by atoms with Crippen LogP contribution in [0.25, 0.3) is 0 Å². The first kappa shape index (κ1) is 9.21. The summed E-state index contributed by atoms with van der Waals surface area (Å²) >= 11 is 1.37. The number of fused-ring (bicyclic) bond motifs is 1. The van der Waals surface area contributed by atoms with Gasteiger partial charge in [-0.25, -0.2) is 4.98 Å². The van der Waals surface area contributed by atoms with Gasteiger partial charge < -0.3 is 0 Å². The number of pyridine rings is 1. The zero-order chi connectivity index (χ0) is 10.3. The Balaban J connectivity index is 2.73. The number of nitrogens with one attached hydrogen (secondary N) is 1. The van der Waals surface area contributed by atoms with Crippen LogP contribution < -0.4 is 5.32 Å². The van der Waals surface area contributed by atoms with Gasteiger partial charge in [0.05, 0.1) is 11.1 Å². The Morgan fingerprint density at radius 2 is 2.07 bits per heavy atom. The fraction of sp³-hybridized carbons (Fsp3) is 0.222. The molecule has 0 atom stereocenters. The first-order valence-electron chi connectivity index (χ1n) is 4.05. The van der Waals surface area contributed by atoms with Gasteiger partial charge in [0, 0.05) is 5.69 Å². The van der Waals surface area contributed by atoms with Crippen LogP contribution in [0.4, 0.5) is 0 Å². The smallest absolute Gasteiger partial charge is 0.261 e. The minimum absolute atomic E-state index is 0.328. The van der Waals surface area contributed by atoms with Gasteiger partial charge in [-0.2, -0.15) is 0 Å². The number of hydrogen-bond acceptors (Lipinski definition) is 4. The summed E-state index contributed by atoms with van der Waals surface area (Å²) in [5.74, 6) is -0.673. The SMILES string of the molecule is CSc1nc(C)cc2c1C(=O)NC2=O. The van der Waals surface area contributed by atoms with Crippen molar-refractivity contribution in [2.24, 2.45) is 0 Å². The third-order valence-corrected chi connectivity index (χ3v) is 2.69. The molecule has 1 aliphatic heterocycles. The molecule has 0 unspecified atom stereocenters. The minimum atomic E-state index is -0.346. The molecule has 1 aromatic rings. The highest BCUT2D eigenvalue weighted by Gasteiger charge is 2.30. The van der Waals surface area contributed by atoms with Crippen LogP contribution in [-0.2, 0) is 0 Å². The fourth-order valence-electron chi connectivity index (χ4n) is 1.42. The molecule has 1 N–H and O–H groups in total. The molecular weight excluding hydrogens is 200 g/mol. The lowest BCUT2D eigenvalue weighted by atomic mass is 10.1. The summed E-state index contributed by atoms with van der Waals surface area (Å²) in [6, 6.07) is 1.63. The Labute approximate surface area is 85.1 Å². The number of hydrogen-bond donors (Lipinski definition) is 1. The lowest BCUT2D eigenvalue weighted by molar-refractivity contribution is 0.0878. The molecule has 1 aliphatic rings. The third kappa shape index (κ3) is 1.21. The van der Waals surface area contributed by atoms with Crippen molar-refractivity contribution in [1.29, 1.82) is 0 Å². The Kier molecular flexibility index (Phi) is 2.03. The molecule has 0 aromatic carbocycles. The van der Waals surface area contributed by atoms with Crippen molar-refractivity contribution in [2.75, 3.05) is 6.26 Å². The van der Waals surface area contributed by atoms with E-state index in [2.05, 4.69) is 10.3 Å². The van der Waals surface area contributed by atoms with E-state index in [1.54, 1.807) is 13.0 Å². The number of aryl methyl sites for hydroxylation is 1. The highest BCUT2D eigenvalue weighted by molar-refractivity contribution is 7.98. The van der Waals surface area contributed by atoms with E-state index in [0.717, 1.165) is 5.69 Å². The van der Waals surface area contributed by atoms with Crippen molar-refractivity contribution in [3.05, 3.63) is 22.9 Å². The molecule has 72 valence electrons. The summed E-state index contributed by atoms with van der Waals surface area (Å²) in [5, 5.41) is 2.87. The molecule has 14 heavy (non-hydrogen) atoms. The molecule has 0 fully saturated rings. The van der Waals surface area contributed by atoms with Gasteiger partial charge in [-0.05, 0) is 19.2 Å². The molecule has 1 aromatic heterocycles. The number of nitrogens with zero attached hydrogens (tertiary/aromatic N) is 1. The summed E-state index contributed by atoms with van der Waals surface area (Å²) in [4.78, 5) is 26.9. The maximum atomic E-state index is 11.4. The standard InChI is InChI=1S/C9H8N2O2S/c1-4-3-5-6(9(10-4)14-2)8(13)11-7(5)12/h3H,1-2H3,(H,11,12,13). The maximum absolute atomic E-state index is 11.4. The summed E-state index contributed by atoms with van der Waals surface area (Å²) in [6.07, 6.45) is 1.83. The average molecular weight is 208 g/mol. The second-order valence-corrected chi connectivity index (χ2v) is 3.77. The highest BCUT2D eigenvalue weighted by Crippen LogP contribution is 2.25. The first-order chi connectivity index (χ1) is 6.63. The van der Waals surface area contributed by atoms with Crippen molar-refractivity contribution in [3.63, 3.8) is 0 Å². The van der Waals surface area contributed by atoms with Crippen LogP contribution in [-0.4, -0.2) is 23.1 Å². The van der Waals surface area contributed by atoms with Crippen LogP contribution in [0.15, 0.2) is 11.1 Å². The first-order valence-corrected chi connectivity index (χ1v) is 5.27. The van der Waals surface area contributed by atoms with Gasteiger partial charge in [0.15, 0.2) is 0 Å². The van der Waals surface area contributed by atoms with E-state index < -0.39 is 0 Å². The van der Waals surface area contributed by atoms with Crippen LogP contribution in [0, 0.1) is 6.92 Å². The molecule has 0 radical (unpaired) electrons. The van der Waals surface area contributed by atoms with Crippen LogP contribution in [0.1, 0.15) is 26.4 Å². The van der Waals surface area contributed by atoms with Gasteiger partial charge >= 0.3 is 0 Å². The fourth-order valence-corrected chi connectivity index (χ4v) is 2.07. The topological polar surface area (TPSA) is 59.1 Å². The minimum Gasteiger partial charge on any atom is -0.288 e. The van der Waals surface area contributed by atoms with Gasteiger partial charge in [-0.3, -0.25) is 14.9 Å². The molecule has 0 spiro atoms. The monoisotopic (exact) mass is 208 g/mol. The van der Waals surface area contributed by atoms with E-state index in [1.165, 1.54) is 11.8 Å². The molecule has 0 saturated carbocycles. The second-order valence-electron chi connectivity index (χ2n) is 2.98. The zero-order valence-corrected chi connectivity index (χ0v) is 8.57. The molecule has 4 nitrogen and oxygen atoms in total. The van der Waals surface area contributed by atoms with Crippen molar-refractivity contribution in [2.45, 2.75) is 11.9 Å². The maximum Gasteiger partial charge on any atom is 0.261 e. The Hall–Kier alpha value is -1.36. The molecule has 0 saturated heterocycles. The van der Waals surface area contributed by atoms with E-state index in [0.29, 0.717) is 16.2 Å². The largest absolute Gasteiger partial charge is 0.288 e. The molecule has 2 heterocycles. The van der Waals surface area contributed by atoms with Gasteiger partial charge in [0.1, 0.15) is 5.03 Å². The Morgan fingerprint density at radius 1 is 1.36 bits per heavy atom. The second kappa shape index (κ2) is 3.09. The lowest BCUT2D eigenvalue weighted by Crippen LogP contribution is -2.20. The predicted octanol–water partition coefficient (Wildman–Crippen LogP) is 0.996. The summed E-state index contributed by atoms with van der Waals surface area (Å²) in [7, 11) is 0. The predicted molar refractivity (Wildman–Crippen MR) is 52.6 cm³/mol. The van der Waals surface area contributed by atoms with Gasteiger partial charge in [0.25, 0.3) is 11.8 Å². The Morgan fingerprint density at radius 3 is 2.71 bits per heavy atom. The zero-order valence-electron chi connectivity index (χ0n) is 7.75. The number of carbonyl (C=O) groups is 2. The number of carbonyl (C=O) groups excluding carboxylic acids is 2. The molecule has 5 heteroatoms. The van der Waals surface area contributed by atoms with E-state index in [-0.39, 0.29) is 11.8 Å². The average Bonchev–Trinajstić information content (AvgIpc) is 2.41. The Bertz CT molecular complexity index is 443. The van der Waals surface area contributed by atoms with E-state index in [4.69, 9.17) is 0 Å². The number of rotatable bonds is 1. The third-order valence-electron chi connectivity index (χ3n) is 2.01. The van der Waals surface area contributed by atoms with Gasteiger partial charge in [0.2, 0.25) is 0 Å². The van der Waals surface area contributed by atoms with E-state index in [1.807, 2.05) is 6.26 Å². The quantitative estimate of drug-likeness (QED) is 0.552. The number of imide groups is 1. The normalized spacial score (nSPS) is 14.1. The summed E-state index contributed by atoms with van der Waals surface area (Å²) in [6.45, 7) is 1.80. The summed E-state index contributed by atoms with van der Waals surface area (Å²) in [5.41, 5.74) is 1.60. The lowest BCUT2D eigenvalue weighted by Gasteiger charge is -2.02. The number of amides is 2. The molecule has 2 rings (SSSR count). The van der Waals surface area contributed by atoms with Crippen LogP contribution in [0.2, 0.25) is 0 Å². The van der Waals surface area contributed by atoms with Crippen molar-refractivity contribution in [3.8, 4) is 0 Å².